The van der Waals surface area contributed by atoms with Crippen LogP contribution in [-0.4, -0.2) is 64.6 Å². The SMILES string of the molecule is CC(C)C(C)C(=O)N1CCCC1c1ncc(C#Cc2ccc(C#Cc3cnc(C4CCCN4C(=O)C4SC4(C)C(C)C)[nH]3)cc2)[nH]1. The number of benzene rings is 1. The first-order valence-electron chi connectivity index (χ1n) is 16.6. The van der Waals surface area contributed by atoms with Crippen molar-refractivity contribution in [2.75, 3.05) is 13.1 Å². The van der Waals surface area contributed by atoms with Gasteiger partial charge in [-0.2, -0.15) is 0 Å². The highest BCUT2D eigenvalue weighted by Crippen LogP contribution is 2.59. The van der Waals surface area contributed by atoms with E-state index >= 15 is 0 Å². The first kappa shape index (κ1) is 32.0. The molecule has 240 valence electrons. The lowest BCUT2D eigenvalue weighted by Gasteiger charge is -2.27. The molecule has 46 heavy (non-hydrogen) atoms. The number of imidazole rings is 2. The third-order valence-electron chi connectivity index (χ3n) is 10.1. The molecule has 3 aliphatic rings. The molecule has 8 nitrogen and oxygen atoms in total. The molecule has 3 fully saturated rings. The molecule has 3 aliphatic heterocycles. The second kappa shape index (κ2) is 13.0. The molecule has 5 heterocycles. The van der Waals surface area contributed by atoms with Crippen LogP contribution in [-0.2, 0) is 9.59 Å². The average molecular weight is 637 g/mol. The molecule has 2 aromatic heterocycles. The maximum atomic E-state index is 13.3. The van der Waals surface area contributed by atoms with Crippen LogP contribution >= 0.6 is 11.8 Å². The fourth-order valence-electron chi connectivity index (χ4n) is 6.34. The number of aromatic amines is 2. The number of rotatable bonds is 6. The Morgan fingerprint density at radius 2 is 1.33 bits per heavy atom. The maximum absolute atomic E-state index is 13.3. The van der Waals surface area contributed by atoms with Crippen LogP contribution in [0.5, 0.6) is 0 Å². The summed E-state index contributed by atoms with van der Waals surface area (Å²) < 4.78 is 0.0414. The van der Waals surface area contributed by atoms with Crippen molar-refractivity contribution in [3.8, 4) is 23.7 Å². The Hall–Kier alpha value is -3.95. The minimum atomic E-state index is -0.0180. The molecule has 0 saturated carbocycles. The van der Waals surface area contributed by atoms with Crippen molar-refractivity contribution < 1.29 is 9.59 Å². The van der Waals surface area contributed by atoms with Gasteiger partial charge in [-0.05, 0) is 80.5 Å². The monoisotopic (exact) mass is 636 g/mol. The number of carbonyl (C=O) groups excluding carboxylic acids is 2. The third kappa shape index (κ3) is 6.48. The highest BCUT2D eigenvalue weighted by Gasteiger charge is 2.59. The number of aromatic nitrogens is 4. The zero-order valence-electron chi connectivity index (χ0n) is 27.7. The number of H-pyrrole nitrogens is 2. The summed E-state index contributed by atoms with van der Waals surface area (Å²) in [5.41, 5.74) is 3.23. The second-order valence-electron chi connectivity index (χ2n) is 13.7. The van der Waals surface area contributed by atoms with E-state index < -0.39 is 0 Å². The van der Waals surface area contributed by atoms with Gasteiger partial charge in [0.25, 0.3) is 0 Å². The van der Waals surface area contributed by atoms with Crippen molar-refractivity contribution in [2.45, 2.75) is 89.3 Å². The van der Waals surface area contributed by atoms with Crippen molar-refractivity contribution in [2.24, 2.45) is 17.8 Å². The highest BCUT2D eigenvalue weighted by atomic mass is 32.2. The van der Waals surface area contributed by atoms with Crippen molar-refractivity contribution >= 4 is 23.6 Å². The van der Waals surface area contributed by atoms with Gasteiger partial charge in [0.05, 0.1) is 29.7 Å². The summed E-state index contributed by atoms with van der Waals surface area (Å²) in [5.74, 6) is 15.6. The fraction of sp³-hybridized carbons (Fsp3) is 0.514. The van der Waals surface area contributed by atoms with E-state index in [1.165, 1.54) is 0 Å². The molecule has 5 atom stereocenters. The van der Waals surface area contributed by atoms with Crippen LogP contribution in [0.4, 0.5) is 0 Å². The molecule has 2 N–H and O–H groups in total. The average Bonchev–Trinajstić information content (AvgIpc) is 3.67. The Bertz CT molecular complexity index is 1720. The number of thioether (sulfide) groups is 1. The summed E-state index contributed by atoms with van der Waals surface area (Å²) in [4.78, 5) is 46.2. The zero-order chi connectivity index (χ0) is 32.6. The highest BCUT2D eigenvalue weighted by molar-refractivity contribution is 8.09. The van der Waals surface area contributed by atoms with Gasteiger partial charge in [-0.1, -0.05) is 46.5 Å². The van der Waals surface area contributed by atoms with E-state index in [-0.39, 0.29) is 39.8 Å². The molecule has 6 rings (SSSR count). The van der Waals surface area contributed by atoms with Crippen LogP contribution in [0.1, 0.15) is 113 Å². The molecule has 0 aliphatic carbocycles. The van der Waals surface area contributed by atoms with Crippen molar-refractivity contribution in [3.63, 3.8) is 0 Å². The largest absolute Gasteiger partial charge is 0.334 e. The van der Waals surface area contributed by atoms with Crippen molar-refractivity contribution in [1.29, 1.82) is 0 Å². The van der Waals surface area contributed by atoms with Crippen LogP contribution in [0.25, 0.3) is 0 Å². The summed E-state index contributed by atoms with van der Waals surface area (Å²) in [6, 6.07) is 7.80. The van der Waals surface area contributed by atoms with E-state index in [1.807, 2.05) is 41.0 Å². The number of hydrogen-bond acceptors (Lipinski definition) is 5. The minimum Gasteiger partial charge on any atom is -0.334 e. The lowest BCUT2D eigenvalue weighted by atomic mass is 9.94. The van der Waals surface area contributed by atoms with Crippen LogP contribution in [0.3, 0.4) is 0 Å². The summed E-state index contributed by atoms with van der Waals surface area (Å²) in [6.07, 6.45) is 7.32. The molecule has 3 saturated heterocycles. The quantitative estimate of drug-likeness (QED) is 0.253. The number of nitrogens with zero attached hydrogens (tertiary/aromatic N) is 4. The van der Waals surface area contributed by atoms with Gasteiger partial charge in [-0.3, -0.25) is 9.59 Å². The normalized spacial score (nSPS) is 24.5. The number of amides is 2. The Kier molecular flexibility index (Phi) is 9.08. The molecule has 0 bridgehead atoms. The van der Waals surface area contributed by atoms with Gasteiger partial charge in [0.2, 0.25) is 11.8 Å². The first-order valence-corrected chi connectivity index (χ1v) is 17.5. The number of carbonyl (C=O) groups is 2. The maximum Gasteiger partial charge on any atom is 0.237 e. The lowest BCUT2D eigenvalue weighted by Crippen LogP contribution is -2.37. The number of hydrogen-bond donors (Lipinski definition) is 2. The van der Waals surface area contributed by atoms with Crippen molar-refractivity contribution in [1.82, 2.24) is 29.7 Å². The van der Waals surface area contributed by atoms with Gasteiger partial charge >= 0.3 is 0 Å². The molecule has 0 spiro atoms. The zero-order valence-corrected chi connectivity index (χ0v) is 28.5. The predicted octanol–water partition coefficient (Wildman–Crippen LogP) is 6.08. The van der Waals surface area contributed by atoms with E-state index in [0.717, 1.165) is 72.9 Å². The third-order valence-corrected chi connectivity index (χ3v) is 11.9. The fourth-order valence-corrected chi connectivity index (χ4v) is 7.66. The van der Waals surface area contributed by atoms with Gasteiger partial charge < -0.3 is 19.8 Å². The van der Waals surface area contributed by atoms with E-state index in [4.69, 9.17) is 0 Å². The summed E-state index contributed by atoms with van der Waals surface area (Å²) >= 11 is 1.79. The summed E-state index contributed by atoms with van der Waals surface area (Å²) in [7, 11) is 0. The van der Waals surface area contributed by atoms with Gasteiger partial charge in [0.15, 0.2) is 0 Å². The standard InChI is InChI=1S/C37H44N6O2S/c1-23(2)25(5)35(44)42-19-7-9-30(42)33-38-21-28(40-33)17-15-26-11-13-27(14-12-26)16-18-29-22-39-34(41-29)31-10-8-20-43(31)36(45)32-37(6,46-32)24(3)4/h11-14,21-25,30-32H,7-10,19-20H2,1-6H3,(H,38,40)(H,39,41). The molecule has 0 radical (unpaired) electrons. The Labute approximate surface area is 276 Å². The lowest BCUT2D eigenvalue weighted by molar-refractivity contribution is -0.137. The first-order chi connectivity index (χ1) is 22.0. The van der Waals surface area contributed by atoms with Crippen LogP contribution in [0, 0.1) is 41.4 Å². The molecular formula is C37H44N6O2S. The van der Waals surface area contributed by atoms with Crippen LogP contribution in [0.15, 0.2) is 36.7 Å². The second-order valence-corrected chi connectivity index (χ2v) is 15.3. The van der Waals surface area contributed by atoms with E-state index in [9.17, 15) is 9.59 Å². The topological polar surface area (TPSA) is 98.0 Å². The Morgan fingerprint density at radius 1 is 0.826 bits per heavy atom. The smallest absolute Gasteiger partial charge is 0.237 e. The predicted molar refractivity (Wildman–Crippen MR) is 182 cm³/mol. The minimum absolute atomic E-state index is 0.00727. The number of likely N-dealkylation sites (tertiary alicyclic amines) is 2. The molecule has 5 unspecified atom stereocenters. The van der Waals surface area contributed by atoms with E-state index in [1.54, 1.807) is 24.2 Å². The molecule has 1 aromatic carbocycles. The van der Waals surface area contributed by atoms with Gasteiger partial charge in [0, 0.05) is 34.9 Å². The Morgan fingerprint density at radius 3 is 1.80 bits per heavy atom. The van der Waals surface area contributed by atoms with E-state index in [2.05, 4.69) is 78.2 Å². The van der Waals surface area contributed by atoms with E-state index in [0.29, 0.717) is 11.8 Å². The van der Waals surface area contributed by atoms with Crippen LogP contribution < -0.4 is 0 Å². The molecule has 2 amide bonds. The van der Waals surface area contributed by atoms with Crippen LogP contribution in [0.2, 0.25) is 0 Å². The molecule has 3 aromatic rings. The van der Waals surface area contributed by atoms with Crippen molar-refractivity contribution in [3.05, 3.63) is 70.8 Å². The number of nitrogens with one attached hydrogen (secondary N) is 2. The summed E-state index contributed by atoms with van der Waals surface area (Å²) in [5, 5.41) is 0.0465. The Balaban J connectivity index is 1.06. The van der Waals surface area contributed by atoms with Gasteiger partial charge in [0.1, 0.15) is 23.0 Å². The summed E-state index contributed by atoms with van der Waals surface area (Å²) in [6.45, 7) is 14.3. The molecule has 9 heteroatoms. The van der Waals surface area contributed by atoms with Gasteiger partial charge in [-0.25, -0.2) is 9.97 Å². The molecular weight excluding hydrogens is 593 g/mol. The van der Waals surface area contributed by atoms with Gasteiger partial charge in [-0.15, -0.1) is 11.8 Å².